The van der Waals surface area contributed by atoms with Crippen molar-refractivity contribution < 1.29 is 14.3 Å². The molecule has 0 aliphatic rings. The number of rotatable bonds is 5. The van der Waals surface area contributed by atoms with Crippen molar-refractivity contribution in [3.8, 4) is 0 Å². The third-order valence-corrected chi connectivity index (χ3v) is 4.33. The highest BCUT2D eigenvalue weighted by Gasteiger charge is 2.18. The Morgan fingerprint density at radius 3 is 2.32 bits per heavy atom. The quantitative estimate of drug-likeness (QED) is 0.822. The topological polar surface area (TPSA) is 67.4 Å². The maximum atomic E-state index is 12.1. The summed E-state index contributed by atoms with van der Waals surface area (Å²) in [6.07, 6.45) is -0.307. The molecule has 25 heavy (non-hydrogen) atoms. The van der Waals surface area contributed by atoms with E-state index in [0.717, 1.165) is 22.3 Å². The molecule has 2 aromatic carbocycles. The first-order valence-corrected chi connectivity index (χ1v) is 8.17. The van der Waals surface area contributed by atoms with E-state index in [9.17, 15) is 9.59 Å². The summed E-state index contributed by atoms with van der Waals surface area (Å²) in [6, 6.07) is 13.4. The molecule has 2 N–H and O–H groups in total. The summed E-state index contributed by atoms with van der Waals surface area (Å²) in [5.41, 5.74) is 4.70. The number of hydrogen-bond donors (Lipinski definition) is 2. The molecule has 0 radical (unpaired) electrons. The van der Waals surface area contributed by atoms with Crippen molar-refractivity contribution in [3.05, 3.63) is 64.7 Å². The fraction of sp³-hybridized carbons (Fsp3) is 0.300. The SMILES string of the molecule is COC(CNC(=O)C(=O)Nc1cccc(C)c1C)c1ccccc1C. The van der Waals surface area contributed by atoms with Crippen molar-refractivity contribution in [1.29, 1.82) is 0 Å². The van der Waals surface area contributed by atoms with Gasteiger partial charge in [0, 0.05) is 19.3 Å². The van der Waals surface area contributed by atoms with Crippen LogP contribution in [-0.4, -0.2) is 25.5 Å². The number of carbonyl (C=O) groups excluding carboxylic acids is 2. The fourth-order valence-electron chi connectivity index (χ4n) is 2.60. The minimum atomic E-state index is -0.687. The molecular weight excluding hydrogens is 316 g/mol. The number of benzene rings is 2. The van der Waals surface area contributed by atoms with Crippen LogP contribution < -0.4 is 10.6 Å². The van der Waals surface area contributed by atoms with E-state index in [0.29, 0.717) is 5.69 Å². The summed E-state index contributed by atoms with van der Waals surface area (Å²) in [6.45, 7) is 6.06. The monoisotopic (exact) mass is 340 g/mol. The summed E-state index contributed by atoms with van der Waals surface area (Å²) < 4.78 is 5.45. The second-order valence-electron chi connectivity index (χ2n) is 5.99. The van der Waals surface area contributed by atoms with Gasteiger partial charge in [-0.05, 0) is 49.1 Å². The average molecular weight is 340 g/mol. The van der Waals surface area contributed by atoms with Gasteiger partial charge in [0.15, 0.2) is 0 Å². The van der Waals surface area contributed by atoms with E-state index in [4.69, 9.17) is 4.74 Å². The number of amides is 2. The fourth-order valence-corrected chi connectivity index (χ4v) is 2.60. The molecule has 0 fully saturated rings. The van der Waals surface area contributed by atoms with E-state index >= 15 is 0 Å². The molecule has 0 saturated heterocycles. The zero-order chi connectivity index (χ0) is 18.4. The molecular formula is C20H24N2O3. The molecule has 2 amide bonds. The molecule has 2 rings (SSSR count). The van der Waals surface area contributed by atoms with Gasteiger partial charge in [-0.3, -0.25) is 9.59 Å². The van der Waals surface area contributed by atoms with Gasteiger partial charge in [-0.25, -0.2) is 0 Å². The molecule has 0 bridgehead atoms. The Balaban J connectivity index is 1.98. The lowest BCUT2D eigenvalue weighted by atomic mass is 10.0. The van der Waals surface area contributed by atoms with E-state index in [1.807, 2.05) is 57.2 Å². The first-order chi connectivity index (χ1) is 11.9. The Hall–Kier alpha value is -2.66. The number of hydrogen-bond acceptors (Lipinski definition) is 3. The lowest BCUT2D eigenvalue weighted by Crippen LogP contribution is -2.38. The van der Waals surface area contributed by atoms with Crippen molar-refractivity contribution in [3.63, 3.8) is 0 Å². The number of methoxy groups -OCH3 is 1. The van der Waals surface area contributed by atoms with E-state index in [1.54, 1.807) is 13.2 Å². The largest absolute Gasteiger partial charge is 0.375 e. The smallest absolute Gasteiger partial charge is 0.313 e. The molecule has 0 heterocycles. The molecule has 0 saturated carbocycles. The van der Waals surface area contributed by atoms with Crippen LogP contribution >= 0.6 is 0 Å². The predicted octanol–water partition coefficient (Wildman–Crippen LogP) is 3.05. The summed E-state index contributed by atoms with van der Waals surface area (Å²) in [5.74, 6) is -1.37. The maximum Gasteiger partial charge on any atom is 0.313 e. The number of nitrogens with one attached hydrogen (secondary N) is 2. The molecule has 5 nitrogen and oxygen atoms in total. The van der Waals surface area contributed by atoms with E-state index in [-0.39, 0.29) is 12.6 Å². The second kappa shape index (κ2) is 8.44. The molecule has 0 aliphatic heterocycles. The third-order valence-electron chi connectivity index (χ3n) is 4.33. The number of carbonyl (C=O) groups is 2. The summed E-state index contributed by atoms with van der Waals surface area (Å²) in [4.78, 5) is 24.2. The van der Waals surface area contributed by atoms with Crippen LogP contribution in [0.5, 0.6) is 0 Å². The highest BCUT2D eigenvalue weighted by Crippen LogP contribution is 2.20. The number of ether oxygens (including phenoxy) is 1. The molecule has 132 valence electrons. The van der Waals surface area contributed by atoms with Crippen molar-refractivity contribution in [2.45, 2.75) is 26.9 Å². The minimum absolute atomic E-state index is 0.223. The van der Waals surface area contributed by atoms with E-state index in [2.05, 4.69) is 10.6 Å². The molecule has 1 unspecified atom stereocenters. The van der Waals surface area contributed by atoms with Gasteiger partial charge in [0.05, 0.1) is 6.10 Å². The normalized spacial score (nSPS) is 11.7. The van der Waals surface area contributed by atoms with Gasteiger partial charge in [-0.1, -0.05) is 36.4 Å². The lowest BCUT2D eigenvalue weighted by molar-refractivity contribution is -0.136. The Morgan fingerprint density at radius 1 is 0.960 bits per heavy atom. The Labute approximate surface area is 148 Å². The predicted molar refractivity (Wildman–Crippen MR) is 98.5 cm³/mol. The maximum absolute atomic E-state index is 12.1. The highest BCUT2D eigenvalue weighted by molar-refractivity contribution is 6.39. The van der Waals surface area contributed by atoms with E-state index in [1.165, 1.54) is 0 Å². The van der Waals surface area contributed by atoms with Crippen molar-refractivity contribution in [2.75, 3.05) is 19.0 Å². The van der Waals surface area contributed by atoms with Crippen LogP contribution in [0.2, 0.25) is 0 Å². The van der Waals surface area contributed by atoms with Crippen LogP contribution in [0.3, 0.4) is 0 Å². The lowest BCUT2D eigenvalue weighted by Gasteiger charge is -2.18. The van der Waals surface area contributed by atoms with Gasteiger partial charge in [0.25, 0.3) is 0 Å². The average Bonchev–Trinajstić information content (AvgIpc) is 2.60. The zero-order valence-electron chi connectivity index (χ0n) is 15.1. The second-order valence-corrected chi connectivity index (χ2v) is 5.99. The molecule has 0 aliphatic carbocycles. The van der Waals surface area contributed by atoms with Crippen LogP contribution in [0.4, 0.5) is 5.69 Å². The van der Waals surface area contributed by atoms with Crippen LogP contribution in [0.25, 0.3) is 0 Å². The van der Waals surface area contributed by atoms with Crippen LogP contribution in [0, 0.1) is 20.8 Å². The van der Waals surface area contributed by atoms with Crippen molar-refractivity contribution in [1.82, 2.24) is 5.32 Å². The van der Waals surface area contributed by atoms with Gasteiger partial charge >= 0.3 is 11.8 Å². The minimum Gasteiger partial charge on any atom is -0.375 e. The first kappa shape index (κ1) is 18.7. The summed E-state index contributed by atoms with van der Waals surface area (Å²) >= 11 is 0. The Morgan fingerprint density at radius 2 is 1.64 bits per heavy atom. The van der Waals surface area contributed by atoms with Gasteiger partial charge in [0.1, 0.15) is 0 Å². The Kier molecular flexibility index (Phi) is 6.31. The standard InChI is InChI=1S/C20H24N2O3/c1-13-9-7-11-17(15(13)3)22-20(24)19(23)21-12-18(25-4)16-10-6-5-8-14(16)2/h5-11,18H,12H2,1-4H3,(H,21,23)(H,22,24). The molecule has 0 spiro atoms. The molecule has 5 heteroatoms. The van der Waals surface area contributed by atoms with Crippen LogP contribution in [0.15, 0.2) is 42.5 Å². The molecule has 1 atom stereocenters. The zero-order valence-corrected chi connectivity index (χ0v) is 15.1. The van der Waals surface area contributed by atoms with E-state index < -0.39 is 11.8 Å². The number of aryl methyl sites for hydroxylation is 2. The van der Waals surface area contributed by atoms with Crippen molar-refractivity contribution >= 4 is 17.5 Å². The van der Waals surface area contributed by atoms with Gasteiger partial charge in [-0.15, -0.1) is 0 Å². The van der Waals surface area contributed by atoms with Crippen molar-refractivity contribution in [2.24, 2.45) is 0 Å². The van der Waals surface area contributed by atoms with Gasteiger partial charge < -0.3 is 15.4 Å². The Bertz CT molecular complexity index is 771. The van der Waals surface area contributed by atoms with Gasteiger partial charge in [-0.2, -0.15) is 0 Å². The summed E-state index contributed by atoms with van der Waals surface area (Å²) in [7, 11) is 1.58. The first-order valence-electron chi connectivity index (χ1n) is 8.17. The molecule has 0 aromatic heterocycles. The third kappa shape index (κ3) is 4.67. The molecule has 2 aromatic rings. The van der Waals surface area contributed by atoms with Crippen LogP contribution in [-0.2, 0) is 14.3 Å². The highest BCUT2D eigenvalue weighted by atomic mass is 16.5. The number of anilines is 1. The summed E-state index contributed by atoms with van der Waals surface area (Å²) in [5, 5.41) is 5.29. The van der Waals surface area contributed by atoms with Crippen LogP contribution in [0.1, 0.15) is 28.4 Å². The van der Waals surface area contributed by atoms with Gasteiger partial charge in [0.2, 0.25) is 0 Å².